The van der Waals surface area contributed by atoms with E-state index >= 15 is 0 Å². The zero-order valence-electron chi connectivity index (χ0n) is 29.0. The molecule has 0 aromatic heterocycles. The number of hydrogen-bond donors (Lipinski definition) is 3. The number of ether oxygens (including phenoxy) is 3. The maximum Gasteiger partial charge on any atom is 0.410 e. The van der Waals surface area contributed by atoms with Crippen LogP contribution in [-0.4, -0.2) is 101 Å². The second kappa shape index (κ2) is 15.9. The molecule has 2 aliphatic carbocycles. The fourth-order valence-electron chi connectivity index (χ4n) is 7.57. The first-order chi connectivity index (χ1) is 24.8. The van der Waals surface area contributed by atoms with Crippen molar-refractivity contribution in [2.45, 2.75) is 119 Å². The van der Waals surface area contributed by atoms with Crippen LogP contribution in [0.15, 0.2) is 36.4 Å². The lowest BCUT2D eigenvalue weighted by Crippen LogP contribution is -2.57. The predicted molar refractivity (Wildman–Crippen MR) is 188 cm³/mol. The molecule has 2 saturated carbocycles. The quantitative estimate of drug-likeness (QED) is 0.294. The monoisotopic (exact) mass is 723 g/mol. The van der Waals surface area contributed by atoms with Crippen molar-refractivity contribution in [1.29, 1.82) is 0 Å². The van der Waals surface area contributed by atoms with Gasteiger partial charge in [-0.05, 0) is 68.0 Å². The van der Waals surface area contributed by atoms with Gasteiger partial charge in [0.2, 0.25) is 11.8 Å². The third-order valence-electron chi connectivity index (χ3n) is 10.9. The van der Waals surface area contributed by atoms with Crippen molar-refractivity contribution in [3.63, 3.8) is 0 Å². The Labute approximate surface area is 303 Å². The molecule has 0 bridgehead atoms. The molecule has 13 nitrogen and oxygen atoms in total. The molecule has 7 rings (SSSR count). The van der Waals surface area contributed by atoms with E-state index in [1.165, 1.54) is 22.4 Å². The second-order valence-electron chi connectivity index (χ2n) is 14.7. The molecule has 6 aliphatic rings. The second-order valence-corrected chi connectivity index (χ2v) is 15.8. The van der Waals surface area contributed by atoms with Crippen molar-refractivity contribution in [1.82, 2.24) is 25.2 Å². The number of benzene rings is 1. The first kappa shape index (κ1) is 35.6. The van der Waals surface area contributed by atoms with Crippen molar-refractivity contribution in [2.75, 3.05) is 26.3 Å². The Hall–Kier alpha value is -3.78. The van der Waals surface area contributed by atoms with Crippen LogP contribution in [0.4, 0.5) is 9.59 Å². The summed E-state index contributed by atoms with van der Waals surface area (Å²) in [7, 11) is 0. The van der Waals surface area contributed by atoms with Gasteiger partial charge in [0, 0.05) is 43.5 Å². The van der Waals surface area contributed by atoms with E-state index in [4.69, 9.17) is 14.2 Å². The van der Waals surface area contributed by atoms with Gasteiger partial charge >= 0.3 is 12.2 Å². The van der Waals surface area contributed by atoms with Gasteiger partial charge in [-0.3, -0.25) is 19.1 Å². The number of carbonyl (C=O) groups is 5. The lowest BCUT2D eigenvalue weighted by atomic mass is 10.0. The average Bonchev–Trinajstić information content (AvgIpc) is 4.05. The van der Waals surface area contributed by atoms with Gasteiger partial charge in [-0.25, -0.2) is 9.59 Å². The summed E-state index contributed by atoms with van der Waals surface area (Å²) in [4.78, 5) is 71.9. The van der Waals surface area contributed by atoms with Crippen LogP contribution in [-0.2, 0) is 41.6 Å². The van der Waals surface area contributed by atoms with Crippen molar-refractivity contribution in [3.8, 4) is 0 Å². The van der Waals surface area contributed by atoms with E-state index < -0.39 is 47.7 Å². The van der Waals surface area contributed by atoms with Crippen LogP contribution >= 0.6 is 11.9 Å². The van der Waals surface area contributed by atoms with E-state index in [0.717, 1.165) is 37.7 Å². The number of alkyl carbamates (subject to hydrolysis) is 1. The molecule has 5 atom stereocenters. The molecule has 1 aromatic carbocycles. The van der Waals surface area contributed by atoms with Gasteiger partial charge in [0.25, 0.3) is 5.91 Å². The largest absolute Gasteiger partial charge is 0.446 e. The Morgan fingerprint density at radius 2 is 1.76 bits per heavy atom. The summed E-state index contributed by atoms with van der Waals surface area (Å²) in [5, 5.41) is 6.25. The molecule has 51 heavy (non-hydrogen) atoms. The molecule has 4 aliphatic heterocycles. The zero-order chi connectivity index (χ0) is 35.4. The molecule has 276 valence electrons. The van der Waals surface area contributed by atoms with Gasteiger partial charge in [0.1, 0.15) is 29.8 Å². The lowest BCUT2D eigenvalue weighted by molar-refractivity contribution is -0.141. The third-order valence-corrected chi connectivity index (χ3v) is 12.0. The van der Waals surface area contributed by atoms with E-state index in [0.29, 0.717) is 70.1 Å². The SMILES string of the molecule is O=C(N[C@H]1CCCCC/C=C\[C@@H]2C[C@@]2(C(=O)NSC2CC2)NC(=O)[C@@H]2C[C@@H](OC(=O)N3CCc4ccccc4C3)CN2C1=O)OC1CCOCC1. The van der Waals surface area contributed by atoms with Crippen LogP contribution in [0.2, 0.25) is 0 Å². The molecule has 3 N–H and O–H groups in total. The summed E-state index contributed by atoms with van der Waals surface area (Å²) in [6, 6.07) is 6.04. The van der Waals surface area contributed by atoms with E-state index in [1.807, 2.05) is 24.3 Å². The average molecular weight is 724 g/mol. The van der Waals surface area contributed by atoms with Crippen molar-refractivity contribution < 1.29 is 38.2 Å². The highest BCUT2D eigenvalue weighted by Crippen LogP contribution is 2.46. The number of hydrogen-bond acceptors (Lipinski definition) is 9. The van der Waals surface area contributed by atoms with Gasteiger partial charge in [0.15, 0.2) is 0 Å². The van der Waals surface area contributed by atoms with Crippen LogP contribution in [0.3, 0.4) is 0 Å². The third kappa shape index (κ3) is 8.65. The Kier molecular flexibility index (Phi) is 11.1. The summed E-state index contributed by atoms with van der Waals surface area (Å²) in [5.41, 5.74) is 1.14. The number of nitrogens with zero attached hydrogens (tertiary/aromatic N) is 2. The summed E-state index contributed by atoms with van der Waals surface area (Å²) in [6.07, 6.45) is 9.93. The minimum Gasteiger partial charge on any atom is -0.446 e. The minimum atomic E-state index is -1.12. The van der Waals surface area contributed by atoms with E-state index in [9.17, 15) is 24.0 Å². The van der Waals surface area contributed by atoms with Crippen LogP contribution in [0.25, 0.3) is 0 Å². The zero-order valence-corrected chi connectivity index (χ0v) is 29.8. The molecule has 0 radical (unpaired) electrons. The highest BCUT2D eigenvalue weighted by molar-refractivity contribution is 7.98. The number of fused-ring (bicyclic) bond motifs is 3. The molecular weight excluding hydrogens is 675 g/mol. The maximum absolute atomic E-state index is 14.4. The Bertz CT molecular complexity index is 1520. The first-order valence-corrected chi connectivity index (χ1v) is 19.5. The molecule has 4 fully saturated rings. The number of rotatable bonds is 6. The van der Waals surface area contributed by atoms with Crippen molar-refractivity contribution in [3.05, 3.63) is 47.5 Å². The fraction of sp³-hybridized carbons (Fsp3) is 0.649. The molecule has 0 unspecified atom stereocenters. The van der Waals surface area contributed by atoms with E-state index in [1.54, 1.807) is 4.90 Å². The minimum absolute atomic E-state index is 0.0136. The van der Waals surface area contributed by atoms with Crippen LogP contribution in [0.1, 0.15) is 81.8 Å². The van der Waals surface area contributed by atoms with Gasteiger partial charge < -0.3 is 34.6 Å². The molecule has 14 heteroatoms. The summed E-state index contributed by atoms with van der Waals surface area (Å²) in [5.74, 6) is -1.32. The van der Waals surface area contributed by atoms with Crippen LogP contribution in [0, 0.1) is 5.92 Å². The molecule has 4 heterocycles. The Morgan fingerprint density at radius 3 is 2.57 bits per heavy atom. The topological polar surface area (TPSA) is 156 Å². The van der Waals surface area contributed by atoms with Gasteiger partial charge in [-0.2, -0.15) is 0 Å². The van der Waals surface area contributed by atoms with Crippen LogP contribution in [0.5, 0.6) is 0 Å². The number of carbonyl (C=O) groups excluding carboxylic acids is 5. The number of amides is 5. The normalized spacial score (nSPS) is 30.7. The van der Waals surface area contributed by atoms with Gasteiger partial charge in [-0.1, -0.05) is 49.3 Å². The lowest BCUT2D eigenvalue weighted by Gasteiger charge is -2.30. The molecule has 1 aromatic rings. The Balaban J connectivity index is 1.10. The first-order valence-electron chi connectivity index (χ1n) is 18.6. The number of nitrogens with one attached hydrogen (secondary N) is 3. The van der Waals surface area contributed by atoms with Crippen molar-refractivity contribution in [2.24, 2.45) is 5.92 Å². The fourth-order valence-corrected chi connectivity index (χ4v) is 8.40. The number of allylic oxidation sites excluding steroid dienone is 1. The highest BCUT2D eigenvalue weighted by atomic mass is 32.2. The van der Waals surface area contributed by atoms with Gasteiger partial charge in [0.05, 0.1) is 19.8 Å². The van der Waals surface area contributed by atoms with E-state index in [-0.39, 0.29) is 30.9 Å². The van der Waals surface area contributed by atoms with Crippen molar-refractivity contribution >= 4 is 41.9 Å². The summed E-state index contributed by atoms with van der Waals surface area (Å²) < 4.78 is 20.0. The summed E-state index contributed by atoms with van der Waals surface area (Å²) in [6.45, 7) is 1.91. The molecule has 0 spiro atoms. The summed E-state index contributed by atoms with van der Waals surface area (Å²) >= 11 is 1.40. The predicted octanol–water partition coefficient (Wildman–Crippen LogP) is 3.75. The van der Waals surface area contributed by atoms with E-state index in [2.05, 4.69) is 27.5 Å². The Morgan fingerprint density at radius 1 is 0.961 bits per heavy atom. The molecular formula is C37H49N5O8S. The molecule has 2 saturated heterocycles. The smallest absolute Gasteiger partial charge is 0.410 e. The standard InChI is InChI=1S/C37H49N5O8S/c43-32-31-20-28(50-36(47)41-17-14-24-8-6-7-9-25(24)22-41)23-42(31)33(44)30(38-35(46)49-27-15-18-48-19-16-27)11-5-3-1-2-4-10-26-21-37(26,39-32)34(45)40-51-29-12-13-29/h4,6-10,26-31H,1-3,5,11-23H2,(H,38,46)(H,39,43)(H,40,45)/b10-4-/t26-,28-,30+,31+,37-/m1/s1. The highest BCUT2D eigenvalue weighted by Gasteiger charge is 2.61. The maximum atomic E-state index is 14.4. The van der Waals surface area contributed by atoms with Gasteiger partial charge in [-0.15, -0.1) is 0 Å². The van der Waals surface area contributed by atoms with Crippen LogP contribution < -0.4 is 15.4 Å². The molecule has 5 amide bonds.